The Hall–Kier alpha value is -3.87. The first-order valence-corrected chi connectivity index (χ1v) is 9.98. The van der Waals surface area contributed by atoms with Crippen LogP contribution in [-0.2, 0) is 14.4 Å². The van der Waals surface area contributed by atoms with Crippen molar-refractivity contribution in [1.82, 2.24) is 10.9 Å². The molecule has 0 aliphatic rings. The number of hydrazine groups is 1. The summed E-state index contributed by atoms with van der Waals surface area (Å²) in [5, 5.41) is 4.66. The third kappa shape index (κ3) is 6.30. The van der Waals surface area contributed by atoms with E-state index in [0.717, 1.165) is 21.9 Å². The summed E-state index contributed by atoms with van der Waals surface area (Å²) in [6.07, 6.45) is -0.0533. The van der Waals surface area contributed by atoms with E-state index in [1.807, 2.05) is 68.4 Å². The Kier molecular flexibility index (Phi) is 7.22. The number of fused-ring (bicyclic) bond motifs is 1. The predicted octanol–water partition coefficient (Wildman–Crippen LogP) is 3.40. The number of ether oxygens (including phenoxy) is 1. The van der Waals surface area contributed by atoms with Crippen LogP contribution in [0.25, 0.3) is 10.8 Å². The zero-order valence-electron chi connectivity index (χ0n) is 17.5. The molecule has 7 nitrogen and oxygen atoms in total. The molecule has 0 spiro atoms. The number of hydrogen-bond acceptors (Lipinski definition) is 4. The Morgan fingerprint density at radius 3 is 2.29 bits per heavy atom. The number of carbonyl (C=O) groups is 3. The van der Waals surface area contributed by atoms with Crippen LogP contribution in [0.5, 0.6) is 5.75 Å². The van der Waals surface area contributed by atoms with Gasteiger partial charge in [-0.2, -0.15) is 0 Å². The molecule has 0 unspecified atom stereocenters. The second kappa shape index (κ2) is 10.2. The second-order valence-corrected chi connectivity index (χ2v) is 7.21. The number of hydrogen-bond donors (Lipinski definition) is 3. The number of carbonyl (C=O) groups excluding carboxylic acids is 3. The smallest absolute Gasteiger partial charge is 0.276 e. The fraction of sp³-hybridized carbons (Fsp3) is 0.208. The molecule has 0 aliphatic heterocycles. The molecule has 7 heteroatoms. The molecule has 3 aromatic rings. The van der Waals surface area contributed by atoms with Crippen molar-refractivity contribution in [2.45, 2.75) is 26.7 Å². The Morgan fingerprint density at radius 2 is 1.48 bits per heavy atom. The second-order valence-electron chi connectivity index (χ2n) is 7.21. The fourth-order valence-corrected chi connectivity index (χ4v) is 2.97. The molecule has 0 radical (unpaired) electrons. The minimum atomic E-state index is -0.499. The average Bonchev–Trinajstić information content (AvgIpc) is 2.77. The van der Waals surface area contributed by atoms with Gasteiger partial charge in [-0.1, -0.05) is 42.5 Å². The van der Waals surface area contributed by atoms with Gasteiger partial charge in [0.15, 0.2) is 6.61 Å². The number of amides is 3. The fourth-order valence-electron chi connectivity index (χ4n) is 2.97. The van der Waals surface area contributed by atoms with Crippen LogP contribution in [0.3, 0.4) is 0 Å². The van der Waals surface area contributed by atoms with Crippen LogP contribution in [0.1, 0.15) is 24.0 Å². The van der Waals surface area contributed by atoms with Crippen molar-refractivity contribution in [3.05, 3.63) is 71.8 Å². The minimum absolute atomic E-state index is 0.00112. The lowest BCUT2D eigenvalue weighted by Crippen LogP contribution is -2.44. The lowest BCUT2D eigenvalue weighted by molar-refractivity contribution is -0.130. The Labute approximate surface area is 180 Å². The lowest BCUT2D eigenvalue weighted by atomic mass is 10.1. The summed E-state index contributed by atoms with van der Waals surface area (Å²) in [6, 6.07) is 18.9. The summed E-state index contributed by atoms with van der Waals surface area (Å²) in [6.45, 7) is 3.71. The van der Waals surface area contributed by atoms with E-state index in [2.05, 4.69) is 16.2 Å². The maximum absolute atomic E-state index is 12.0. The van der Waals surface area contributed by atoms with E-state index < -0.39 is 11.8 Å². The number of aryl methyl sites for hydroxylation is 2. The molecule has 0 aromatic heterocycles. The Bertz CT molecular complexity index is 1110. The maximum Gasteiger partial charge on any atom is 0.276 e. The number of nitrogens with one attached hydrogen (secondary N) is 3. The molecule has 0 atom stereocenters. The predicted molar refractivity (Wildman–Crippen MR) is 120 cm³/mol. The van der Waals surface area contributed by atoms with Crippen LogP contribution >= 0.6 is 0 Å². The van der Waals surface area contributed by atoms with E-state index >= 15 is 0 Å². The highest BCUT2D eigenvalue weighted by Crippen LogP contribution is 2.24. The molecule has 0 saturated heterocycles. The molecule has 160 valence electrons. The van der Waals surface area contributed by atoms with Crippen molar-refractivity contribution in [2.75, 3.05) is 11.9 Å². The van der Waals surface area contributed by atoms with Gasteiger partial charge < -0.3 is 10.1 Å². The van der Waals surface area contributed by atoms with Gasteiger partial charge >= 0.3 is 0 Å². The van der Waals surface area contributed by atoms with Gasteiger partial charge in [-0.05, 0) is 48.6 Å². The molecular formula is C24H25N3O4. The topological polar surface area (TPSA) is 96.5 Å². The molecule has 0 bridgehead atoms. The van der Waals surface area contributed by atoms with E-state index in [4.69, 9.17) is 4.74 Å². The Morgan fingerprint density at radius 1 is 0.774 bits per heavy atom. The molecule has 0 saturated carbocycles. The largest absolute Gasteiger partial charge is 0.483 e. The monoisotopic (exact) mass is 419 g/mol. The molecule has 31 heavy (non-hydrogen) atoms. The highest BCUT2D eigenvalue weighted by atomic mass is 16.5. The van der Waals surface area contributed by atoms with E-state index in [-0.39, 0.29) is 25.4 Å². The SMILES string of the molecule is Cc1ccc(NC(=O)CCC(=O)NNC(=O)COc2cccc3ccccc23)cc1C. The average molecular weight is 419 g/mol. The van der Waals surface area contributed by atoms with Crippen LogP contribution in [-0.4, -0.2) is 24.3 Å². The van der Waals surface area contributed by atoms with Gasteiger partial charge in [0.1, 0.15) is 5.75 Å². The molecule has 0 heterocycles. The summed E-state index contributed by atoms with van der Waals surface area (Å²) in [7, 11) is 0. The highest BCUT2D eigenvalue weighted by molar-refractivity contribution is 5.93. The van der Waals surface area contributed by atoms with Gasteiger partial charge in [-0.3, -0.25) is 25.2 Å². The third-order valence-electron chi connectivity index (χ3n) is 4.82. The summed E-state index contributed by atoms with van der Waals surface area (Å²) in [5.74, 6) is -0.652. The van der Waals surface area contributed by atoms with Crippen LogP contribution in [0, 0.1) is 13.8 Å². The summed E-state index contributed by atoms with van der Waals surface area (Å²) < 4.78 is 5.57. The zero-order chi connectivity index (χ0) is 22.2. The van der Waals surface area contributed by atoms with Crippen molar-refractivity contribution >= 4 is 34.2 Å². The maximum atomic E-state index is 12.0. The van der Waals surface area contributed by atoms with Gasteiger partial charge in [0.05, 0.1) is 0 Å². The summed E-state index contributed by atoms with van der Waals surface area (Å²) in [4.78, 5) is 35.9. The van der Waals surface area contributed by atoms with E-state index in [1.165, 1.54) is 0 Å². The molecule has 3 N–H and O–H groups in total. The van der Waals surface area contributed by atoms with Crippen LogP contribution in [0.4, 0.5) is 5.69 Å². The molecule has 0 fully saturated rings. The van der Waals surface area contributed by atoms with Crippen LogP contribution in [0.15, 0.2) is 60.7 Å². The van der Waals surface area contributed by atoms with Crippen LogP contribution in [0.2, 0.25) is 0 Å². The number of rotatable bonds is 7. The third-order valence-corrected chi connectivity index (χ3v) is 4.82. The minimum Gasteiger partial charge on any atom is -0.483 e. The number of anilines is 1. The first kappa shape index (κ1) is 21.8. The first-order chi connectivity index (χ1) is 14.9. The van der Waals surface area contributed by atoms with Crippen molar-refractivity contribution in [3.63, 3.8) is 0 Å². The van der Waals surface area contributed by atoms with Crippen molar-refractivity contribution in [1.29, 1.82) is 0 Å². The molecule has 0 aliphatic carbocycles. The van der Waals surface area contributed by atoms with Gasteiger partial charge in [-0.15, -0.1) is 0 Å². The van der Waals surface area contributed by atoms with Gasteiger partial charge in [0.2, 0.25) is 11.8 Å². The Balaban J connectivity index is 1.38. The first-order valence-electron chi connectivity index (χ1n) is 9.98. The van der Waals surface area contributed by atoms with Crippen molar-refractivity contribution in [2.24, 2.45) is 0 Å². The quantitative estimate of drug-likeness (QED) is 0.512. The van der Waals surface area contributed by atoms with E-state index in [1.54, 1.807) is 6.07 Å². The van der Waals surface area contributed by atoms with E-state index in [0.29, 0.717) is 11.4 Å². The van der Waals surface area contributed by atoms with Gasteiger partial charge in [0, 0.05) is 23.9 Å². The molecular weight excluding hydrogens is 394 g/mol. The van der Waals surface area contributed by atoms with Gasteiger partial charge in [-0.25, -0.2) is 0 Å². The van der Waals surface area contributed by atoms with Crippen LogP contribution < -0.4 is 20.9 Å². The standard InChI is InChI=1S/C24H25N3O4/c1-16-10-11-19(14-17(16)2)25-22(28)12-13-23(29)26-27-24(30)15-31-21-9-5-7-18-6-3-4-8-20(18)21/h3-11,14H,12-13,15H2,1-2H3,(H,25,28)(H,26,29)(H,27,30). The van der Waals surface area contributed by atoms with E-state index in [9.17, 15) is 14.4 Å². The molecule has 3 aromatic carbocycles. The lowest BCUT2D eigenvalue weighted by Gasteiger charge is -2.11. The summed E-state index contributed by atoms with van der Waals surface area (Å²) >= 11 is 0. The molecule has 3 amide bonds. The summed E-state index contributed by atoms with van der Waals surface area (Å²) in [5.41, 5.74) is 7.48. The normalized spacial score (nSPS) is 10.4. The van der Waals surface area contributed by atoms with Gasteiger partial charge in [0.25, 0.3) is 5.91 Å². The van der Waals surface area contributed by atoms with Crippen molar-refractivity contribution < 1.29 is 19.1 Å². The number of benzene rings is 3. The molecule has 3 rings (SSSR count). The van der Waals surface area contributed by atoms with Crippen molar-refractivity contribution in [3.8, 4) is 5.75 Å². The highest BCUT2D eigenvalue weighted by Gasteiger charge is 2.10. The zero-order valence-corrected chi connectivity index (χ0v) is 17.5.